The summed E-state index contributed by atoms with van der Waals surface area (Å²) in [6.45, 7) is 9.68. The van der Waals surface area contributed by atoms with Crippen LogP contribution in [0.15, 0.2) is 24.3 Å². The molecule has 30 heavy (non-hydrogen) atoms. The number of esters is 1. The van der Waals surface area contributed by atoms with Gasteiger partial charge >= 0.3 is 5.97 Å². The lowest BCUT2D eigenvalue weighted by molar-refractivity contribution is -0.145. The summed E-state index contributed by atoms with van der Waals surface area (Å²) in [6.07, 6.45) is 1.87. The molecule has 0 spiro atoms. The molecule has 3 rings (SSSR count). The molecule has 1 aliphatic rings. The van der Waals surface area contributed by atoms with Gasteiger partial charge in [-0.15, -0.1) is 0 Å². The van der Waals surface area contributed by atoms with Gasteiger partial charge in [0.2, 0.25) is 0 Å². The van der Waals surface area contributed by atoms with Crippen LogP contribution in [0.25, 0.3) is 11.0 Å². The second-order valence-electron chi connectivity index (χ2n) is 7.96. The maximum absolute atomic E-state index is 12.9. The Morgan fingerprint density at radius 3 is 2.37 bits per heavy atom. The molecular formula is C23H30N4O3. The van der Waals surface area contributed by atoms with E-state index in [1.54, 1.807) is 0 Å². The molecular weight excluding hydrogens is 380 g/mol. The smallest absolute Gasteiger partial charge is 0.329 e. The van der Waals surface area contributed by atoms with E-state index in [-0.39, 0.29) is 18.1 Å². The Morgan fingerprint density at radius 2 is 1.80 bits per heavy atom. The number of carbonyl (C=O) groups is 1. The van der Waals surface area contributed by atoms with Crippen LogP contribution in [-0.2, 0) is 14.3 Å². The molecule has 1 aromatic carbocycles. The number of nitriles is 1. The van der Waals surface area contributed by atoms with E-state index in [9.17, 15) is 10.1 Å². The minimum atomic E-state index is -1.13. The number of benzene rings is 1. The second-order valence-corrected chi connectivity index (χ2v) is 7.96. The molecule has 2 aromatic rings. The number of fused-ring (bicyclic) bond motifs is 1. The van der Waals surface area contributed by atoms with Crippen LogP contribution in [0.3, 0.4) is 0 Å². The van der Waals surface area contributed by atoms with Gasteiger partial charge in [0, 0.05) is 13.1 Å². The Hall–Kier alpha value is -2.72. The van der Waals surface area contributed by atoms with Crippen molar-refractivity contribution in [1.29, 1.82) is 5.26 Å². The van der Waals surface area contributed by atoms with Gasteiger partial charge in [-0.2, -0.15) is 5.26 Å². The normalized spacial score (nSPS) is 20.2. The Morgan fingerprint density at radius 1 is 1.20 bits per heavy atom. The maximum atomic E-state index is 12.9. The molecule has 0 unspecified atom stereocenters. The highest BCUT2D eigenvalue weighted by Gasteiger charge is 2.33. The first kappa shape index (κ1) is 22.0. The number of morpholine rings is 1. The molecule has 160 valence electrons. The number of ether oxygens (including phenoxy) is 2. The van der Waals surface area contributed by atoms with Crippen LogP contribution in [-0.4, -0.2) is 47.8 Å². The quantitative estimate of drug-likeness (QED) is 0.641. The number of carbonyl (C=O) groups excluding carboxylic acids is 1. The predicted octanol–water partition coefficient (Wildman–Crippen LogP) is 3.83. The summed E-state index contributed by atoms with van der Waals surface area (Å²) < 4.78 is 11.4. The molecule has 1 aliphatic heterocycles. The number of hydrogen-bond acceptors (Lipinski definition) is 7. The fourth-order valence-corrected chi connectivity index (χ4v) is 3.81. The maximum Gasteiger partial charge on any atom is 0.329 e. The first-order valence-electron chi connectivity index (χ1n) is 10.7. The Kier molecular flexibility index (Phi) is 7.22. The largest absolute Gasteiger partial charge is 0.464 e. The number of anilines is 1. The van der Waals surface area contributed by atoms with Gasteiger partial charge in [0.05, 0.1) is 35.9 Å². The van der Waals surface area contributed by atoms with Gasteiger partial charge in [-0.3, -0.25) is 4.79 Å². The fourth-order valence-electron chi connectivity index (χ4n) is 3.81. The third-order valence-corrected chi connectivity index (χ3v) is 5.55. The van der Waals surface area contributed by atoms with Crippen molar-refractivity contribution in [2.24, 2.45) is 5.92 Å². The topological polar surface area (TPSA) is 88.3 Å². The lowest BCUT2D eigenvalue weighted by Gasteiger charge is -2.37. The van der Waals surface area contributed by atoms with Crippen LogP contribution >= 0.6 is 0 Å². The molecule has 1 aromatic heterocycles. The van der Waals surface area contributed by atoms with Crippen molar-refractivity contribution in [3.05, 3.63) is 30.0 Å². The van der Waals surface area contributed by atoms with Crippen molar-refractivity contribution in [3.8, 4) is 6.07 Å². The molecule has 7 nitrogen and oxygen atoms in total. The van der Waals surface area contributed by atoms with E-state index in [2.05, 4.69) is 24.8 Å². The summed E-state index contributed by atoms with van der Waals surface area (Å²) >= 11 is 0. The molecule has 0 aliphatic carbocycles. The number of rotatable bonds is 7. The van der Waals surface area contributed by atoms with Crippen molar-refractivity contribution in [3.63, 3.8) is 0 Å². The Balaban J connectivity index is 1.99. The zero-order valence-electron chi connectivity index (χ0n) is 18.2. The molecule has 0 N–H and O–H groups in total. The highest BCUT2D eigenvalue weighted by molar-refractivity contribution is 5.85. The zero-order chi connectivity index (χ0) is 21.7. The average molecular weight is 411 g/mol. The molecule has 2 heterocycles. The third kappa shape index (κ3) is 4.88. The molecule has 3 atom stereocenters. The zero-order valence-corrected chi connectivity index (χ0v) is 18.2. The number of para-hydroxylation sites is 2. The highest BCUT2D eigenvalue weighted by Crippen LogP contribution is 2.30. The van der Waals surface area contributed by atoms with Crippen molar-refractivity contribution in [2.45, 2.75) is 58.7 Å². The Labute approximate surface area is 178 Å². The molecule has 0 radical (unpaired) electrons. The molecule has 0 saturated carbocycles. The summed E-state index contributed by atoms with van der Waals surface area (Å²) in [6, 6.07) is 9.60. The molecule has 0 bridgehead atoms. The SMILES string of the molecule is CCC(CC)COC(=O)[C@H](C#N)c1nc2ccccc2nc1N1C[C@H](C)O[C@@H](C)C1. The van der Waals surface area contributed by atoms with Crippen molar-refractivity contribution in [1.82, 2.24) is 9.97 Å². The highest BCUT2D eigenvalue weighted by atomic mass is 16.5. The van der Waals surface area contributed by atoms with Crippen LogP contribution in [0, 0.1) is 17.2 Å². The first-order valence-corrected chi connectivity index (χ1v) is 10.7. The summed E-state index contributed by atoms with van der Waals surface area (Å²) in [7, 11) is 0. The van der Waals surface area contributed by atoms with Gasteiger partial charge in [0.25, 0.3) is 0 Å². The number of nitrogens with zero attached hydrogens (tertiary/aromatic N) is 4. The van der Waals surface area contributed by atoms with Crippen LogP contribution in [0.2, 0.25) is 0 Å². The van der Waals surface area contributed by atoms with E-state index < -0.39 is 11.9 Å². The van der Waals surface area contributed by atoms with E-state index >= 15 is 0 Å². The van der Waals surface area contributed by atoms with Gasteiger partial charge in [0.15, 0.2) is 11.7 Å². The lowest BCUT2D eigenvalue weighted by atomic mass is 10.0. The number of aromatic nitrogens is 2. The van der Waals surface area contributed by atoms with Crippen LogP contribution in [0.1, 0.15) is 52.1 Å². The molecule has 1 fully saturated rings. The summed E-state index contributed by atoms with van der Waals surface area (Å²) in [5.41, 5.74) is 1.73. The fraction of sp³-hybridized carbons (Fsp3) is 0.565. The van der Waals surface area contributed by atoms with E-state index in [4.69, 9.17) is 19.4 Å². The minimum absolute atomic E-state index is 0.0113. The summed E-state index contributed by atoms with van der Waals surface area (Å²) in [5, 5.41) is 9.87. The number of hydrogen-bond donors (Lipinski definition) is 0. The summed E-state index contributed by atoms with van der Waals surface area (Å²) in [5.74, 6) is -0.845. The monoisotopic (exact) mass is 410 g/mol. The second kappa shape index (κ2) is 9.86. The van der Waals surface area contributed by atoms with Gasteiger partial charge in [0.1, 0.15) is 5.69 Å². The Bertz CT molecular complexity index is 912. The lowest BCUT2D eigenvalue weighted by Crippen LogP contribution is -2.46. The third-order valence-electron chi connectivity index (χ3n) is 5.55. The summed E-state index contributed by atoms with van der Waals surface area (Å²) in [4.78, 5) is 24.4. The average Bonchev–Trinajstić information content (AvgIpc) is 2.73. The molecule has 1 saturated heterocycles. The molecule has 0 amide bonds. The van der Waals surface area contributed by atoms with Crippen molar-refractivity contribution < 1.29 is 14.3 Å². The van der Waals surface area contributed by atoms with Crippen molar-refractivity contribution in [2.75, 3.05) is 24.6 Å². The van der Waals surface area contributed by atoms with E-state index in [0.29, 0.717) is 36.7 Å². The van der Waals surface area contributed by atoms with Gasteiger partial charge in [-0.25, -0.2) is 9.97 Å². The van der Waals surface area contributed by atoms with Gasteiger partial charge < -0.3 is 14.4 Å². The predicted molar refractivity (Wildman–Crippen MR) is 115 cm³/mol. The first-order chi connectivity index (χ1) is 14.5. The van der Waals surface area contributed by atoms with Crippen molar-refractivity contribution >= 4 is 22.8 Å². The van der Waals surface area contributed by atoms with E-state index in [0.717, 1.165) is 18.4 Å². The van der Waals surface area contributed by atoms with Crippen LogP contribution < -0.4 is 4.90 Å². The minimum Gasteiger partial charge on any atom is -0.464 e. The van der Waals surface area contributed by atoms with Crippen LogP contribution in [0.5, 0.6) is 0 Å². The molecule has 7 heteroatoms. The van der Waals surface area contributed by atoms with Gasteiger partial charge in [-0.1, -0.05) is 38.8 Å². The van der Waals surface area contributed by atoms with E-state index in [1.807, 2.05) is 38.1 Å². The standard InChI is InChI=1S/C23H30N4O3/c1-5-17(6-2)14-29-23(28)18(11-24)21-22(27-12-15(3)30-16(4)13-27)26-20-10-8-7-9-19(20)25-21/h7-10,15-18H,5-6,12-14H2,1-4H3/t15-,16-,18+/m0/s1. The van der Waals surface area contributed by atoms with Gasteiger partial charge in [-0.05, 0) is 31.9 Å². The van der Waals surface area contributed by atoms with Crippen LogP contribution in [0.4, 0.5) is 5.82 Å². The van der Waals surface area contributed by atoms with E-state index in [1.165, 1.54) is 0 Å².